The first-order valence-electron chi connectivity index (χ1n) is 5.90. The topological polar surface area (TPSA) is 0 Å². The fourth-order valence-electron chi connectivity index (χ4n) is 1.92. The van der Waals surface area contributed by atoms with Crippen LogP contribution in [0.15, 0.2) is 24.8 Å². The third kappa shape index (κ3) is 6.94. The Labute approximate surface area is 90.1 Å². The number of hydrogen-bond acceptors (Lipinski definition) is 0. The van der Waals surface area contributed by atoms with E-state index in [0.717, 1.165) is 18.3 Å². The fourth-order valence-corrected chi connectivity index (χ4v) is 1.92. The Morgan fingerprint density at radius 2 is 2.00 bits per heavy atom. The zero-order valence-electron chi connectivity index (χ0n) is 10.2. The van der Waals surface area contributed by atoms with Gasteiger partial charge in [0.25, 0.3) is 0 Å². The minimum Gasteiger partial charge on any atom is -0.0988 e. The van der Waals surface area contributed by atoms with Gasteiger partial charge in [0, 0.05) is 0 Å². The molecule has 0 bridgehead atoms. The van der Waals surface area contributed by atoms with Crippen molar-refractivity contribution in [3.63, 3.8) is 0 Å². The molecule has 0 saturated carbocycles. The van der Waals surface area contributed by atoms with Gasteiger partial charge in [-0.05, 0) is 24.7 Å². The van der Waals surface area contributed by atoms with Crippen molar-refractivity contribution in [3.8, 4) is 0 Å². The van der Waals surface area contributed by atoms with Crippen LogP contribution in [0.4, 0.5) is 0 Å². The quantitative estimate of drug-likeness (QED) is 0.478. The molecular weight excluding hydrogens is 168 g/mol. The fraction of sp³-hybridized carbons (Fsp3) is 0.714. The summed E-state index contributed by atoms with van der Waals surface area (Å²) in [5.41, 5.74) is 1.20. The standard InChI is InChI=1S/C14H26/c1-6-8-9-14(10-12(3)4)11-13(5)7-2/h7,12,14H,2,5-6,8-11H2,1,3-4H3. The van der Waals surface area contributed by atoms with Crippen LogP contribution in [0, 0.1) is 11.8 Å². The second kappa shape index (κ2) is 7.84. The van der Waals surface area contributed by atoms with Gasteiger partial charge < -0.3 is 0 Å². The normalized spacial score (nSPS) is 12.9. The predicted molar refractivity (Wildman–Crippen MR) is 66.4 cm³/mol. The van der Waals surface area contributed by atoms with Crippen molar-refractivity contribution in [2.24, 2.45) is 11.8 Å². The van der Waals surface area contributed by atoms with Gasteiger partial charge in [0.2, 0.25) is 0 Å². The minimum absolute atomic E-state index is 0.800. The van der Waals surface area contributed by atoms with Gasteiger partial charge in [0.05, 0.1) is 0 Å². The molecular formula is C14H26. The predicted octanol–water partition coefficient (Wildman–Crippen LogP) is 4.97. The van der Waals surface area contributed by atoms with Gasteiger partial charge in [-0.3, -0.25) is 0 Å². The molecule has 0 fully saturated rings. The molecule has 0 aromatic rings. The zero-order chi connectivity index (χ0) is 11.0. The summed E-state index contributed by atoms with van der Waals surface area (Å²) >= 11 is 0. The Kier molecular flexibility index (Phi) is 7.55. The molecule has 0 N–H and O–H groups in total. The number of allylic oxidation sites excluding steroid dienone is 2. The van der Waals surface area contributed by atoms with Crippen molar-refractivity contribution in [1.82, 2.24) is 0 Å². The molecule has 1 unspecified atom stereocenters. The SMILES string of the molecule is C=CC(=C)CC(CCCC)CC(C)C. The average molecular weight is 194 g/mol. The Morgan fingerprint density at radius 1 is 1.36 bits per heavy atom. The molecule has 1 atom stereocenters. The van der Waals surface area contributed by atoms with Crippen molar-refractivity contribution in [3.05, 3.63) is 24.8 Å². The largest absolute Gasteiger partial charge is 0.0988 e. The summed E-state index contributed by atoms with van der Waals surface area (Å²) < 4.78 is 0. The zero-order valence-corrected chi connectivity index (χ0v) is 10.2. The van der Waals surface area contributed by atoms with Crippen molar-refractivity contribution in [2.75, 3.05) is 0 Å². The summed E-state index contributed by atoms with van der Waals surface area (Å²) in [5.74, 6) is 1.62. The van der Waals surface area contributed by atoms with E-state index < -0.39 is 0 Å². The molecule has 0 aliphatic carbocycles. The van der Waals surface area contributed by atoms with Crippen molar-refractivity contribution in [1.29, 1.82) is 0 Å². The van der Waals surface area contributed by atoms with Crippen LogP contribution in [0.25, 0.3) is 0 Å². The van der Waals surface area contributed by atoms with Gasteiger partial charge in [-0.2, -0.15) is 0 Å². The first-order chi connectivity index (χ1) is 6.60. The second-order valence-corrected chi connectivity index (χ2v) is 4.70. The molecule has 14 heavy (non-hydrogen) atoms. The molecule has 0 rings (SSSR count). The first kappa shape index (κ1) is 13.5. The highest BCUT2D eigenvalue weighted by molar-refractivity contribution is 5.11. The number of hydrogen-bond donors (Lipinski definition) is 0. The smallest absolute Gasteiger partial charge is 0.0256 e. The molecule has 0 aromatic heterocycles. The maximum absolute atomic E-state index is 4.01. The number of rotatable bonds is 8. The molecule has 0 saturated heterocycles. The third-order valence-corrected chi connectivity index (χ3v) is 2.61. The van der Waals surface area contributed by atoms with Crippen LogP contribution in [0.5, 0.6) is 0 Å². The summed E-state index contributed by atoms with van der Waals surface area (Å²) in [4.78, 5) is 0. The van der Waals surface area contributed by atoms with Gasteiger partial charge in [-0.25, -0.2) is 0 Å². The van der Waals surface area contributed by atoms with E-state index in [2.05, 4.69) is 33.9 Å². The molecule has 0 aromatic carbocycles. The summed E-state index contributed by atoms with van der Waals surface area (Å²) in [6, 6.07) is 0. The van der Waals surface area contributed by atoms with E-state index in [-0.39, 0.29) is 0 Å². The third-order valence-electron chi connectivity index (χ3n) is 2.61. The van der Waals surface area contributed by atoms with Gasteiger partial charge in [0.1, 0.15) is 0 Å². The van der Waals surface area contributed by atoms with E-state index in [1.165, 1.54) is 31.3 Å². The lowest BCUT2D eigenvalue weighted by Gasteiger charge is -2.18. The van der Waals surface area contributed by atoms with Crippen LogP contribution >= 0.6 is 0 Å². The lowest BCUT2D eigenvalue weighted by atomic mass is 9.87. The highest BCUT2D eigenvalue weighted by Gasteiger charge is 2.10. The Morgan fingerprint density at radius 3 is 2.43 bits per heavy atom. The maximum Gasteiger partial charge on any atom is -0.0256 e. The maximum atomic E-state index is 4.01. The van der Waals surface area contributed by atoms with Gasteiger partial charge in [-0.15, -0.1) is 0 Å². The molecule has 0 heterocycles. The van der Waals surface area contributed by atoms with Gasteiger partial charge >= 0.3 is 0 Å². The van der Waals surface area contributed by atoms with Crippen molar-refractivity contribution < 1.29 is 0 Å². The van der Waals surface area contributed by atoms with E-state index in [0.29, 0.717) is 0 Å². The molecule has 0 aliphatic rings. The van der Waals surface area contributed by atoms with Crippen LogP contribution in [-0.2, 0) is 0 Å². The van der Waals surface area contributed by atoms with E-state index in [9.17, 15) is 0 Å². The Bertz CT molecular complexity index is 165. The van der Waals surface area contributed by atoms with Crippen LogP contribution in [0.1, 0.15) is 52.9 Å². The van der Waals surface area contributed by atoms with Crippen LogP contribution in [0.3, 0.4) is 0 Å². The van der Waals surface area contributed by atoms with Gasteiger partial charge in [-0.1, -0.05) is 64.8 Å². The summed E-state index contributed by atoms with van der Waals surface area (Å²) in [6.07, 6.45) is 8.37. The molecule has 0 amide bonds. The Hall–Kier alpha value is -0.520. The first-order valence-corrected chi connectivity index (χ1v) is 5.90. The lowest BCUT2D eigenvalue weighted by molar-refractivity contribution is 0.375. The summed E-state index contributed by atoms with van der Waals surface area (Å²) in [6.45, 7) is 14.6. The highest BCUT2D eigenvalue weighted by Crippen LogP contribution is 2.24. The van der Waals surface area contributed by atoms with Crippen molar-refractivity contribution in [2.45, 2.75) is 52.9 Å². The Balaban J connectivity index is 3.95. The molecule has 0 radical (unpaired) electrons. The van der Waals surface area contributed by atoms with E-state index in [1.807, 2.05) is 6.08 Å². The monoisotopic (exact) mass is 194 g/mol. The van der Waals surface area contributed by atoms with E-state index in [4.69, 9.17) is 0 Å². The summed E-state index contributed by atoms with van der Waals surface area (Å²) in [7, 11) is 0. The van der Waals surface area contributed by atoms with E-state index >= 15 is 0 Å². The highest BCUT2D eigenvalue weighted by atomic mass is 14.2. The molecule has 0 nitrogen and oxygen atoms in total. The second-order valence-electron chi connectivity index (χ2n) is 4.70. The average Bonchev–Trinajstić information content (AvgIpc) is 2.13. The van der Waals surface area contributed by atoms with Crippen LogP contribution in [-0.4, -0.2) is 0 Å². The van der Waals surface area contributed by atoms with Crippen molar-refractivity contribution >= 4 is 0 Å². The van der Waals surface area contributed by atoms with Crippen LogP contribution < -0.4 is 0 Å². The van der Waals surface area contributed by atoms with E-state index in [1.54, 1.807) is 0 Å². The number of unbranched alkanes of at least 4 members (excludes halogenated alkanes) is 1. The molecule has 0 heteroatoms. The van der Waals surface area contributed by atoms with Crippen LogP contribution in [0.2, 0.25) is 0 Å². The molecule has 82 valence electrons. The summed E-state index contributed by atoms with van der Waals surface area (Å²) in [5, 5.41) is 0. The molecule has 0 aliphatic heterocycles. The minimum atomic E-state index is 0.800. The van der Waals surface area contributed by atoms with Gasteiger partial charge in [0.15, 0.2) is 0 Å². The molecule has 0 spiro atoms. The lowest BCUT2D eigenvalue weighted by Crippen LogP contribution is -2.05.